The van der Waals surface area contributed by atoms with Crippen molar-refractivity contribution in [1.82, 2.24) is 20.0 Å². The van der Waals surface area contributed by atoms with Gasteiger partial charge in [-0.2, -0.15) is 0 Å². The number of hydrogen-bond acceptors (Lipinski definition) is 5. The minimum Gasteiger partial charge on any atom is -0.352 e. The molecule has 0 saturated carbocycles. The van der Waals surface area contributed by atoms with E-state index in [9.17, 15) is 4.79 Å². The van der Waals surface area contributed by atoms with E-state index in [1.807, 2.05) is 13.8 Å². The van der Waals surface area contributed by atoms with Crippen molar-refractivity contribution < 1.29 is 4.79 Å². The second-order valence-corrected chi connectivity index (χ2v) is 9.55. The lowest BCUT2D eigenvalue weighted by Crippen LogP contribution is -2.46. The summed E-state index contributed by atoms with van der Waals surface area (Å²) >= 11 is 0. The van der Waals surface area contributed by atoms with Crippen molar-refractivity contribution in [3.05, 3.63) is 0 Å². The van der Waals surface area contributed by atoms with E-state index in [1.54, 1.807) is 0 Å². The van der Waals surface area contributed by atoms with Crippen LogP contribution in [0.4, 0.5) is 0 Å². The SMILES string of the molecule is CC.CCC.CCC.CN1CCCC(N)C1.CN1CCCC(NC(=O)CCN2CCCC2)C1. The van der Waals surface area contributed by atoms with Crippen molar-refractivity contribution >= 4 is 5.91 Å². The van der Waals surface area contributed by atoms with E-state index in [1.165, 1.54) is 71.1 Å². The van der Waals surface area contributed by atoms with Crippen molar-refractivity contribution in [1.29, 1.82) is 0 Å². The molecule has 1 amide bonds. The summed E-state index contributed by atoms with van der Waals surface area (Å²) in [5.74, 6) is 0.234. The molecule has 0 spiro atoms. The average Bonchev–Trinajstić information content (AvgIpc) is 3.29. The summed E-state index contributed by atoms with van der Waals surface area (Å²) in [6.45, 7) is 20.3. The van der Waals surface area contributed by atoms with Crippen LogP contribution in [-0.2, 0) is 4.79 Å². The summed E-state index contributed by atoms with van der Waals surface area (Å²) in [5.41, 5.74) is 5.68. The molecule has 3 rings (SSSR count). The molecule has 6 nitrogen and oxygen atoms in total. The molecule has 3 saturated heterocycles. The van der Waals surface area contributed by atoms with Gasteiger partial charge in [0, 0.05) is 38.1 Å². The molecular weight excluding hydrogens is 410 g/mol. The largest absolute Gasteiger partial charge is 0.352 e. The monoisotopic (exact) mass is 471 g/mol. The molecule has 200 valence electrons. The molecule has 6 heteroatoms. The number of likely N-dealkylation sites (N-methyl/N-ethyl adjacent to an activating group) is 2. The molecular formula is C27H61N5O. The third kappa shape index (κ3) is 21.6. The van der Waals surface area contributed by atoms with Crippen LogP contribution in [-0.4, -0.2) is 92.6 Å². The van der Waals surface area contributed by atoms with Crippen LogP contribution < -0.4 is 11.1 Å². The fraction of sp³-hybridized carbons (Fsp3) is 0.963. The fourth-order valence-corrected chi connectivity index (χ4v) is 4.06. The Bertz CT molecular complexity index is 405. The van der Waals surface area contributed by atoms with E-state index in [-0.39, 0.29) is 5.91 Å². The molecule has 3 aliphatic heterocycles. The summed E-state index contributed by atoms with van der Waals surface area (Å²) in [4.78, 5) is 18.8. The molecule has 0 aromatic carbocycles. The standard InChI is InChI=1S/C13H25N3O.C6H14N2.2C3H8.C2H6/c1-15-7-4-5-12(11-15)14-13(17)6-10-16-8-2-3-9-16;1-8-4-2-3-6(7)5-8;2*1-3-2;1-2/h12H,2-11H2,1H3,(H,14,17);6H,2-5,7H2,1H3;2*3H2,1-2H3;1-2H3. The van der Waals surface area contributed by atoms with E-state index in [2.05, 4.69) is 61.8 Å². The molecule has 0 aromatic heterocycles. The van der Waals surface area contributed by atoms with Crippen molar-refractivity contribution in [2.24, 2.45) is 5.73 Å². The molecule has 2 unspecified atom stereocenters. The Hall–Kier alpha value is -0.690. The third-order valence-corrected chi connectivity index (χ3v) is 5.50. The van der Waals surface area contributed by atoms with Crippen LogP contribution in [0.25, 0.3) is 0 Å². The Labute approximate surface area is 208 Å². The molecule has 0 aliphatic carbocycles. The van der Waals surface area contributed by atoms with E-state index < -0.39 is 0 Å². The normalized spacial score (nSPS) is 23.3. The first-order valence-corrected chi connectivity index (χ1v) is 14.0. The van der Waals surface area contributed by atoms with Crippen LogP contribution in [0.2, 0.25) is 0 Å². The van der Waals surface area contributed by atoms with Gasteiger partial charge < -0.3 is 25.8 Å². The van der Waals surface area contributed by atoms with Crippen LogP contribution in [0, 0.1) is 0 Å². The lowest BCUT2D eigenvalue weighted by atomic mass is 10.1. The molecule has 3 heterocycles. The van der Waals surface area contributed by atoms with E-state index in [0.29, 0.717) is 18.5 Å². The van der Waals surface area contributed by atoms with Gasteiger partial charge in [-0.15, -0.1) is 0 Å². The number of nitrogens with zero attached hydrogens (tertiary/aromatic N) is 3. The molecule has 2 atom stereocenters. The number of rotatable bonds is 4. The first-order chi connectivity index (χ1) is 15.9. The number of piperidine rings is 2. The third-order valence-electron chi connectivity index (χ3n) is 5.50. The van der Waals surface area contributed by atoms with E-state index in [4.69, 9.17) is 5.73 Å². The lowest BCUT2D eigenvalue weighted by Gasteiger charge is -2.30. The zero-order valence-electron chi connectivity index (χ0n) is 23.8. The van der Waals surface area contributed by atoms with Crippen LogP contribution in [0.15, 0.2) is 0 Å². The topological polar surface area (TPSA) is 64.8 Å². The second kappa shape index (κ2) is 24.4. The highest BCUT2D eigenvalue weighted by Crippen LogP contribution is 2.09. The number of amides is 1. The Morgan fingerprint density at radius 2 is 1.30 bits per heavy atom. The highest BCUT2D eigenvalue weighted by atomic mass is 16.1. The Balaban J connectivity index is 0. The van der Waals surface area contributed by atoms with Gasteiger partial charge in [0.15, 0.2) is 0 Å². The lowest BCUT2D eigenvalue weighted by molar-refractivity contribution is -0.122. The maximum absolute atomic E-state index is 11.8. The van der Waals surface area contributed by atoms with Crippen LogP contribution in [0.3, 0.4) is 0 Å². The van der Waals surface area contributed by atoms with E-state index >= 15 is 0 Å². The molecule has 0 radical (unpaired) electrons. The summed E-state index contributed by atoms with van der Waals surface area (Å²) in [5, 5.41) is 3.17. The van der Waals surface area contributed by atoms with Gasteiger partial charge in [-0.05, 0) is 78.8 Å². The first kappa shape index (κ1) is 34.5. The van der Waals surface area contributed by atoms with Crippen LogP contribution in [0.5, 0.6) is 0 Å². The molecule has 3 aliphatic rings. The highest BCUT2D eigenvalue weighted by molar-refractivity contribution is 5.76. The van der Waals surface area contributed by atoms with Gasteiger partial charge in [0.1, 0.15) is 0 Å². The second-order valence-electron chi connectivity index (χ2n) is 9.55. The van der Waals surface area contributed by atoms with Gasteiger partial charge in [0.25, 0.3) is 0 Å². The van der Waals surface area contributed by atoms with Gasteiger partial charge in [0.2, 0.25) is 5.91 Å². The van der Waals surface area contributed by atoms with Gasteiger partial charge in [-0.1, -0.05) is 54.4 Å². The maximum Gasteiger partial charge on any atom is 0.221 e. The zero-order chi connectivity index (χ0) is 25.5. The molecule has 3 N–H and O–H groups in total. The summed E-state index contributed by atoms with van der Waals surface area (Å²) in [7, 11) is 4.25. The minimum absolute atomic E-state index is 0.234. The van der Waals surface area contributed by atoms with Gasteiger partial charge >= 0.3 is 0 Å². The van der Waals surface area contributed by atoms with Crippen molar-refractivity contribution in [3.63, 3.8) is 0 Å². The quantitative estimate of drug-likeness (QED) is 0.628. The number of nitrogens with two attached hydrogens (primary N) is 1. The molecule has 0 bridgehead atoms. The zero-order valence-corrected chi connectivity index (χ0v) is 23.8. The number of likely N-dealkylation sites (tertiary alicyclic amines) is 3. The predicted octanol–water partition coefficient (Wildman–Crippen LogP) is 4.58. The van der Waals surface area contributed by atoms with Crippen LogP contribution >= 0.6 is 0 Å². The Morgan fingerprint density at radius 1 is 0.818 bits per heavy atom. The predicted molar refractivity (Wildman–Crippen MR) is 147 cm³/mol. The number of carbonyl (C=O) groups is 1. The summed E-state index contributed by atoms with van der Waals surface area (Å²) in [6.07, 6.45) is 10.6. The Kier molecular flexibility index (Phi) is 25.5. The highest BCUT2D eigenvalue weighted by Gasteiger charge is 2.19. The smallest absolute Gasteiger partial charge is 0.221 e. The number of hydrogen-bond donors (Lipinski definition) is 2. The molecule has 0 aromatic rings. The van der Waals surface area contributed by atoms with Gasteiger partial charge in [0.05, 0.1) is 0 Å². The van der Waals surface area contributed by atoms with Crippen molar-refractivity contribution in [3.8, 4) is 0 Å². The van der Waals surface area contributed by atoms with Crippen LogP contribution in [0.1, 0.15) is 99.3 Å². The number of nitrogens with one attached hydrogen (secondary N) is 1. The molecule has 3 fully saturated rings. The fourth-order valence-electron chi connectivity index (χ4n) is 4.06. The molecule has 33 heavy (non-hydrogen) atoms. The maximum atomic E-state index is 11.8. The Morgan fingerprint density at radius 3 is 1.73 bits per heavy atom. The van der Waals surface area contributed by atoms with Gasteiger partial charge in [-0.25, -0.2) is 0 Å². The van der Waals surface area contributed by atoms with Gasteiger partial charge in [-0.3, -0.25) is 4.79 Å². The minimum atomic E-state index is 0.234. The number of carbonyl (C=O) groups excluding carboxylic acids is 1. The van der Waals surface area contributed by atoms with E-state index in [0.717, 1.165) is 26.1 Å². The summed E-state index contributed by atoms with van der Waals surface area (Å²) < 4.78 is 0. The van der Waals surface area contributed by atoms with Crippen molar-refractivity contribution in [2.75, 3.05) is 59.9 Å². The first-order valence-electron chi connectivity index (χ1n) is 14.0. The summed E-state index contributed by atoms with van der Waals surface area (Å²) in [6, 6.07) is 0.813. The average molecular weight is 472 g/mol. The van der Waals surface area contributed by atoms with Crippen molar-refractivity contribution in [2.45, 2.75) is 111 Å².